The molecule has 3 rings (SSSR count). The maximum absolute atomic E-state index is 12.7. The van der Waals surface area contributed by atoms with Crippen LogP contribution < -0.4 is 5.32 Å². The molecule has 160 valence electrons. The summed E-state index contributed by atoms with van der Waals surface area (Å²) in [5.74, 6) is 1.83. The lowest BCUT2D eigenvalue weighted by atomic mass is 9.93. The molecule has 30 heavy (non-hydrogen) atoms. The highest BCUT2D eigenvalue weighted by Crippen LogP contribution is 2.22. The van der Waals surface area contributed by atoms with Gasteiger partial charge in [-0.05, 0) is 38.7 Å². The summed E-state index contributed by atoms with van der Waals surface area (Å²) < 4.78 is 0. The molecule has 0 spiro atoms. The minimum atomic E-state index is -0.0415. The second-order valence-electron chi connectivity index (χ2n) is 8.27. The fraction of sp³-hybridized carbons (Fsp3) is 0.545. The number of hydrogen-bond donors (Lipinski definition) is 1. The molecule has 2 aromatic rings. The standard InChI is InChI=1S/C22H30N6O2/c1-14(2)21-24-11-18(12-25-21)22(30)28-7-5-17(6-8-28)10-20(29)23-13-19-26-15(3)9-16(4)27-19/h9,11-12,14,17H,5-8,10,13H2,1-4H3,(H,23,29). The maximum atomic E-state index is 12.7. The summed E-state index contributed by atoms with van der Waals surface area (Å²) >= 11 is 0. The summed E-state index contributed by atoms with van der Waals surface area (Å²) in [6.07, 6.45) is 5.30. The Labute approximate surface area is 177 Å². The van der Waals surface area contributed by atoms with Crippen molar-refractivity contribution < 1.29 is 9.59 Å². The molecule has 8 nitrogen and oxygen atoms in total. The molecule has 0 bridgehead atoms. The number of nitrogens with zero attached hydrogens (tertiary/aromatic N) is 5. The number of likely N-dealkylation sites (tertiary alicyclic amines) is 1. The Morgan fingerprint density at radius 3 is 2.27 bits per heavy atom. The Bertz CT molecular complexity index is 869. The number of rotatable bonds is 6. The first-order chi connectivity index (χ1) is 14.3. The number of hydrogen-bond acceptors (Lipinski definition) is 6. The lowest BCUT2D eigenvalue weighted by Gasteiger charge is -2.31. The minimum Gasteiger partial charge on any atom is -0.349 e. The van der Waals surface area contributed by atoms with Crippen molar-refractivity contribution in [1.82, 2.24) is 30.2 Å². The summed E-state index contributed by atoms with van der Waals surface area (Å²) in [5, 5.41) is 2.91. The van der Waals surface area contributed by atoms with Gasteiger partial charge in [0.2, 0.25) is 5.91 Å². The van der Waals surface area contributed by atoms with Crippen LogP contribution in [0.3, 0.4) is 0 Å². The number of amides is 2. The van der Waals surface area contributed by atoms with Crippen LogP contribution in [-0.2, 0) is 11.3 Å². The Morgan fingerprint density at radius 1 is 1.10 bits per heavy atom. The average Bonchev–Trinajstić information content (AvgIpc) is 2.72. The third-order valence-electron chi connectivity index (χ3n) is 5.28. The zero-order chi connectivity index (χ0) is 21.7. The van der Waals surface area contributed by atoms with Crippen molar-refractivity contribution >= 4 is 11.8 Å². The van der Waals surface area contributed by atoms with Crippen molar-refractivity contribution in [2.75, 3.05) is 13.1 Å². The van der Waals surface area contributed by atoms with E-state index in [2.05, 4.69) is 25.3 Å². The molecule has 1 aliphatic rings. The molecule has 0 radical (unpaired) electrons. The highest BCUT2D eigenvalue weighted by Gasteiger charge is 2.25. The van der Waals surface area contributed by atoms with Crippen molar-refractivity contribution in [3.8, 4) is 0 Å². The van der Waals surface area contributed by atoms with Gasteiger partial charge in [0, 0.05) is 49.2 Å². The summed E-state index contributed by atoms with van der Waals surface area (Å²) in [7, 11) is 0. The summed E-state index contributed by atoms with van der Waals surface area (Å²) in [5.41, 5.74) is 2.31. The minimum absolute atomic E-state index is 0.000194. The van der Waals surface area contributed by atoms with Gasteiger partial charge in [0.15, 0.2) is 0 Å². The average molecular weight is 411 g/mol. The van der Waals surface area contributed by atoms with Gasteiger partial charge >= 0.3 is 0 Å². The van der Waals surface area contributed by atoms with Crippen LogP contribution in [0.15, 0.2) is 18.5 Å². The first-order valence-electron chi connectivity index (χ1n) is 10.5. The Balaban J connectivity index is 1.44. The van der Waals surface area contributed by atoms with E-state index in [0.717, 1.165) is 30.1 Å². The third-order valence-corrected chi connectivity index (χ3v) is 5.28. The van der Waals surface area contributed by atoms with Crippen LogP contribution in [0.5, 0.6) is 0 Å². The van der Waals surface area contributed by atoms with E-state index in [1.54, 1.807) is 12.4 Å². The SMILES string of the molecule is Cc1cc(C)nc(CNC(=O)CC2CCN(C(=O)c3cnc(C(C)C)nc3)CC2)n1. The molecule has 2 amide bonds. The number of aryl methyl sites for hydroxylation is 2. The third kappa shape index (κ3) is 5.81. The normalized spacial score (nSPS) is 14.8. The molecule has 3 heterocycles. The fourth-order valence-corrected chi connectivity index (χ4v) is 3.66. The van der Waals surface area contributed by atoms with E-state index in [1.165, 1.54) is 0 Å². The van der Waals surface area contributed by atoms with Crippen LogP contribution in [-0.4, -0.2) is 49.7 Å². The molecule has 0 aromatic carbocycles. The van der Waals surface area contributed by atoms with Crippen LogP contribution >= 0.6 is 0 Å². The molecule has 0 saturated carbocycles. The smallest absolute Gasteiger partial charge is 0.256 e. The van der Waals surface area contributed by atoms with Gasteiger partial charge in [0.1, 0.15) is 11.6 Å². The van der Waals surface area contributed by atoms with E-state index in [0.29, 0.717) is 37.4 Å². The molecule has 0 atom stereocenters. The summed E-state index contributed by atoms with van der Waals surface area (Å²) in [6, 6.07) is 1.91. The summed E-state index contributed by atoms with van der Waals surface area (Å²) in [4.78, 5) is 44.1. The van der Waals surface area contributed by atoms with Crippen molar-refractivity contribution in [2.45, 2.75) is 59.4 Å². The quantitative estimate of drug-likeness (QED) is 0.785. The van der Waals surface area contributed by atoms with Gasteiger partial charge in [0.25, 0.3) is 5.91 Å². The predicted octanol–water partition coefficient (Wildman–Crippen LogP) is 2.57. The largest absolute Gasteiger partial charge is 0.349 e. The van der Waals surface area contributed by atoms with E-state index in [-0.39, 0.29) is 23.7 Å². The molecule has 2 aromatic heterocycles. The zero-order valence-corrected chi connectivity index (χ0v) is 18.2. The highest BCUT2D eigenvalue weighted by molar-refractivity contribution is 5.93. The fourth-order valence-electron chi connectivity index (χ4n) is 3.66. The topological polar surface area (TPSA) is 101 Å². The van der Waals surface area contributed by atoms with Crippen LogP contribution in [0.2, 0.25) is 0 Å². The van der Waals surface area contributed by atoms with E-state index in [1.807, 2.05) is 38.7 Å². The van der Waals surface area contributed by atoms with Gasteiger partial charge in [-0.1, -0.05) is 13.8 Å². The Morgan fingerprint density at radius 2 is 1.70 bits per heavy atom. The van der Waals surface area contributed by atoms with Gasteiger partial charge < -0.3 is 10.2 Å². The highest BCUT2D eigenvalue weighted by atomic mass is 16.2. The summed E-state index contributed by atoms with van der Waals surface area (Å²) in [6.45, 7) is 9.50. The first-order valence-corrected chi connectivity index (χ1v) is 10.5. The molecule has 1 fully saturated rings. The van der Waals surface area contributed by atoms with Gasteiger partial charge in [-0.25, -0.2) is 19.9 Å². The van der Waals surface area contributed by atoms with E-state index in [4.69, 9.17) is 0 Å². The maximum Gasteiger partial charge on any atom is 0.256 e. The molecular formula is C22H30N6O2. The molecule has 1 saturated heterocycles. The first kappa shape index (κ1) is 21.8. The van der Waals surface area contributed by atoms with Crippen LogP contribution in [0.4, 0.5) is 0 Å². The van der Waals surface area contributed by atoms with E-state index >= 15 is 0 Å². The predicted molar refractivity (Wildman–Crippen MR) is 113 cm³/mol. The van der Waals surface area contributed by atoms with Gasteiger partial charge in [0.05, 0.1) is 12.1 Å². The van der Waals surface area contributed by atoms with Crippen molar-refractivity contribution in [3.63, 3.8) is 0 Å². The van der Waals surface area contributed by atoms with Crippen molar-refractivity contribution in [3.05, 3.63) is 47.1 Å². The molecule has 8 heteroatoms. The number of carbonyl (C=O) groups is 2. The van der Waals surface area contributed by atoms with Crippen LogP contribution in [0.25, 0.3) is 0 Å². The lowest BCUT2D eigenvalue weighted by Crippen LogP contribution is -2.39. The van der Waals surface area contributed by atoms with Crippen molar-refractivity contribution in [2.24, 2.45) is 5.92 Å². The molecule has 0 unspecified atom stereocenters. The lowest BCUT2D eigenvalue weighted by molar-refractivity contribution is -0.122. The van der Waals surface area contributed by atoms with Gasteiger partial charge in [-0.2, -0.15) is 0 Å². The monoisotopic (exact) mass is 410 g/mol. The molecular weight excluding hydrogens is 380 g/mol. The molecule has 1 N–H and O–H groups in total. The Hall–Kier alpha value is -2.90. The van der Waals surface area contributed by atoms with E-state index < -0.39 is 0 Å². The van der Waals surface area contributed by atoms with Crippen LogP contribution in [0.1, 0.15) is 72.4 Å². The number of carbonyl (C=O) groups excluding carboxylic acids is 2. The number of nitrogens with one attached hydrogen (secondary N) is 1. The molecule has 1 aliphatic heterocycles. The van der Waals surface area contributed by atoms with E-state index in [9.17, 15) is 9.59 Å². The van der Waals surface area contributed by atoms with Crippen molar-refractivity contribution in [1.29, 1.82) is 0 Å². The van der Waals surface area contributed by atoms with Crippen LogP contribution in [0, 0.1) is 19.8 Å². The van der Waals surface area contributed by atoms with Gasteiger partial charge in [-0.3, -0.25) is 9.59 Å². The molecule has 0 aliphatic carbocycles. The zero-order valence-electron chi connectivity index (χ0n) is 18.2. The number of aromatic nitrogens is 4. The Kier molecular flexibility index (Phi) is 7.07. The second kappa shape index (κ2) is 9.73. The number of piperidine rings is 1. The van der Waals surface area contributed by atoms with Gasteiger partial charge in [-0.15, -0.1) is 0 Å². The second-order valence-corrected chi connectivity index (χ2v) is 8.27.